The van der Waals surface area contributed by atoms with Crippen molar-refractivity contribution in [1.82, 2.24) is 14.6 Å². The molecule has 0 saturated carbocycles. The van der Waals surface area contributed by atoms with Gasteiger partial charge in [-0.3, -0.25) is 4.79 Å². The summed E-state index contributed by atoms with van der Waals surface area (Å²) in [4.78, 5) is 16.4. The zero-order valence-electron chi connectivity index (χ0n) is 11.6. The Labute approximate surface area is 115 Å². The van der Waals surface area contributed by atoms with Gasteiger partial charge in [0.25, 0.3) is 0 Å². The smallest absolute Gasteiger partial charge is 0.307 e. The third-order valence-corrected chi connectivity index (χ3v) is 3.52. The second-order valence-electron chi connectivity index (χ2n) is 5.26. The molecule has 0 aromatic carbocycles. The van der Waals surface area contributed by atoms with Crippen molar-refractivity contribution in [2.45, 2.75) is 32.6 Å². The summed E-state index contributed by atoms with van der Waals surface area (Å²) in [5.41, 5.74) is 1.04. The van der Waals surface area contributed by atoms with Crippen LogP contribution in [0.5, 0.6) is 0 Å². The molecule has 0 radical (unpaired) electrons. The van der Waals surface area contributed by atoms with E-state index in [9.17, 15) is 4.79 Å². The second-order valence-corrected chi connectivity index (χ2v) is 6.22. The number of hydrogen-bond donors (Lipinski definition) is 1. The molecule has 7 heteroatoms. The number of nitrogens with one attached hydrogen (secondary N) is 1. The molecule has 0 aliphatic carbocycles. The highest BCUT2D eigenvalue weighted by Gasteiger charge is 2.19. The number of carbonyl (C=O) groups is 1. The van der Waals surface area contributed by atoms with Crippen molar-refractivity contribution in [2.75, 3.05) is 19.0 Å². The van der Waals surface area contributed by atoms with Crippen molar-refractivity contribution in [2.24, 2.45) is 0 Å². The number of aromatic nitrogens is 3. The van der Waals surface area contributed by atoms with Crippen LogP contribution in [-0.2, 0) is 14.9 Å². The molecule has 0 atom stereocenters. The van der Waals surface area contributed by atoms with Crippen molar-refractivity contribution in [3.05, 3.63) is 11.9 Å². The van der Waals surface area contributed by atoms with Crippen LogP contribution < -0.4 is 5.32 Å². The Kier molecular flexibility index (Phi) is 3.75. The summed E-state index contributed by atoms with van der Waals surface area (Å²) in [6, 6.07) is 0. The summed E-state index contributed by atoms with van der Waals surface area (Å²) in [6.45, 7) is 6.87. The Hall–Kier alpha value is -1.63. The highest BCUT2D eigenvalue weighted by Crippen LogP contribution is 2.25. The van der Waals surface area contributed by atoms with E-state index in [1.165, 1.54) is 18.4 Å². The molecule has 1 N–H and O–H groups in total. The minimum absolute atomic E-state index is 0.0197. The normalized spacial score (nSPS) is 11.8. The molecule has 0 aliphatic rings. The Morgan fingerprint density at radius 3 is 2.84 bits per heavy atom. The topological polar surface area (TPSA) is 68.5 Å². The van der Waals surface area contributed by atoms with Gasteiger partial charge in [-0.25, -0.2) is 9.50 Å². The van der Waals surface area contributed by atoms with E-state index in [0.717, 1.165) is 15.8 Å². The lowest BCUT2D eigenvalue weighted by Crippen LogP contribution is -2.11. The molecule has 0 aliphatic heterocycles. The molecule has 0 bridgehead atoms. The van der Waals surface area contributed by atoms with E-state index in [4.69, 9.17) is 0 Å². The van der Waals surface area contributed by atoms with Crippen molar-refractivity contribution >= 4 is 27.4 Å². The molecule has 6 nitrogen and oxygen atoms in total. The number of imidazole rings is 1. The molecule has 2 rings (SSSR count). The van der Waals surface area contributed by atoms with Crippen LogP contribution in [0.2, 0.25) is 0 Å². The molecule has 0 saturated heterocycles. The minimum atomic E-state index is -0.233. The van der Waals surface area contributed by atoms with Gasteiger partial charge in [-0.15, -0.1) is 5.10 Å². The van der Waals surface area contributed by atoms with Crippen LogP contribution in [0, 0.1) is 0 Å². The molecule has 19 heavy (non-hydrogen) atoms. The van der Waals surface area contributed by atoms with Gasteiger partial charge in [-0.2, -0.15) is 0 Å². The molecular weight excluding hydrogens is 264 g/mol. The lowest BCUT2D eigenvalue weighted by Gasteiger charge is -2.13. The van der Waals surface area contributed by atoms with Crippen LogP contribution in [0.3, 0.4) is 0 Å². The summed E-state index contributed by atoms with van der Waals surface area (Å²) >= 11 is 1.47. The highest BCUT2D eigenvalue weighted by atomic mass is 32.1. The van der Waals surface area contributed by atoms with E-state index in [0.29, 0.717) is 13.0 Å². The van der Waals surface area contributed by atoms with Gasteiger partial charge < -0.3 is 10.1 Å². The van der Waals surface area contributed by atoms with E-state index >= 15 is 0 Å². The summed E-state index contributed by atoms with van der Waals surface area (Å²) in [5.74, 6) is -0.233. The first-order valence-corrected chi connectivity index (χ1v) is 6.89. The van der Waals surface area contributed by atoms with Gasteiger partial charge in [0.2, 0.25) is 10.1 Å². The molecule has 0 unspecified atom stereocenters. The van der Waals surface area contributed by atoms with Crippen LogP contribution >= 0.6 is 11.3 Å². The predicted octanol–water partition coefficient (Wildman–Crippen LogP) is 2.06. The van der Waals surface area contributed by atoms with E-state index in [1.54, 1.807) is 4.52 Å². The fourth-order valence-corrected chi connectivity index (χ4v) is 2.31. The molecule has 0 amide bonds. The molecule has 104 valence electrons. The Balaban J connectivity index is 2.03. The van der Waals surface area contributed by atoms with E-state index < -0.39 is 0 Å². The molecular formula is C12H18N4O2S. The molecule has 2 heterocycles. The van der Waals surface area contributed by atoms with Gasteiger partial charge >= 0.3 is 5.97 Å². The number of methoxy groups -OCH3 is 1. The third-order valence-electron chi connectivity index (χ3n) is 2.64. The maximum atomic E-state index is 11.0. The summed E-state index contributed by atoms with van der Waals surface area (Å²) in [6.07, 6.45) is 2.27. The first kappa shape index (κ1) is 13.8. The van der Waals surface area contributed by atoms with Crippen molar-refractivity contribution < 1.29 is 9.53 Å². The number of rotatable bonds is 4. The summed E-state index contributed by atoms with van der Waals surface area (Å²) < 4.78 is 6.34. The number of carbonyl (C=O) groups excluding carboxylic acids is 1. The van der Waals surface area contributed by atoms with Gasteiger partial charge in [0.15, 0.2) is 0 Å². The van der Waals surface area contributed by atoms with Crippen molar-refractivity contribution in [3.63, 3.8) is 0 Å². The Bertz CT molecular complexity index is 551. The lowest BCUT2D eigenvalue weighted by molar-refractivity contribution is -0.140. The van der Waals surface area contributed by atoms with Gasteiger partial charge in [-0.05, 0) is 0 Å². The lowest BCUT2D eigenvalue weighted by atomic mass is 9.93. The fraction of sp³-hybridized carbons (Fsp3) is 0.583. The largest absolute Gasteiger partial charge is 0.469 e. The minimum Gasteiger partial charge on any atom is -0.469 e. The molecule has 2 aromatic heterocycles. The van der Waals surface area contributed by atoms with E-state index in [1.807, 2.05) is 6.20 Å². The van der Waals surface area contributed by atoms with Crippen molar-refractivity contribution in [1.29, 1.82) is 0 Å². The summed E-state index contributed by atoms with van der Waals surface area (Å²) in [5, 5.41) is 8.22. The fourth-order valence-electron chi connectivity index (χ4n) is 1.51. The van der Waals surface area contributed by atoms with Gasteiger partial charge in [0.1, 0.15) is 0 Å². The van der Waals surface area contributed by atoms with Gasteiger partial charge in [0, 0.05) is 12.0 Å². The van der Waals surface area contributed by atoms with E-state index in [2.05, 4.69) is 40.9 Å². The van der Waals surface area contributed by atoms with E-state index in [-0.39, 0.29) is 11.4 Å². The van der Waals surface area contributed by atoms with Crippen LogP contribution in [0.25, 0.3) is 4.96 Å². The SMILES string of the molecule is COC(=O)CCNc1nn2cc(C(C)(C)C)nc2s1. The first-order valence-electron chi connectivity index (χ1n) is 6.07. The number of ether oxygens (including phenoxy) is 1. The maximum Gasteiger partial charge on any atom is 0.307 e. The van der Waals surface area contributed by atoms with Crippen LogP contribution in [0.4, 0.5) is 5.13 Å². The van der Waals surface area contributed by atoms with Crippen LogP contribution in [-0.4, -0.2) is 34.2 Å². The predicted molar refractivity (Wildman–Crippen MR) is 74.7 cm³/mol. The second kappa shape index (κ2) is 5.16. The molecule has 0 fully saturated rings. The average Bonchev–Trinajstić information content (AvgIpc) is 2.85. The van der Waals surface area contributed by atoms with Crippen LogP contribution in [0.1, 0.15) is 32.9 Å². The van der Waals surface area contributed by atoms with Gasteiger partial charge in [0.05, 0.1) is 25.4 Å². The maximum absolute atomic E-state index is 11.0. The zero-order chi connectivity index (χ0) is 14.0. The quantitative estimate of drug-likeness (QED) is 0.869. The van der Waals surface area contributed by atoms with Crippen LogP contribution in [0.15, 0.2) is 6.20 Å². The molecule has 2 aromatic rings. The number of nitrogens with zero attached hydrogens (tertiary/aromatic N) is 3. The Morgan fingerprint density at radius 1 is 1.53 bits per heavy atom. The summed E-state index contributed by atoms with van der Waals surface area (Å²) in [7, 11) is 1.38. The number of fused-ring (bicyclic) bond motifs is 1. The highest BCUT2D eigenvalue weighted by molar-refractivity contribution is 7.20. The average molecular weight is 282 g/mol. The standard InChI is InChI=1S/C12H18N4O2S/c1-12(2,3)8-7-16-11(14-8)19-10(15-16)13-6-5-9(17)18-4/h7H,5-6H2,1-4H3,(H,13,15). The van der Waals surface area contributed by atoms with Gasteiger partial charge in [-0.1, -0.05) is 32.1 Å². The molecule has 0 spiro atoms. The first-order chi connectivity index (χ1) is 8.90. The number of hydrogen-bond acceptors (Lipinski definition) is 6. The number of anilines is 1. The Morgan fingerprint density at radius 2 is 2.26 bits per heavy atom. The van der Waals surface area contributed by atoms with Crippen molar-refractivity contribution in [3.8, 4) is 0 Å². The monoisotopic (exact) mass is 282 g/mol. The third kappa shape index (κ3) is 3.23. The zero-order valence-corrected chi connectivity index (χ0v) is 12.4. The number of esters is 1.